The summed E-state index contributed by atoms with van der Waals surface area (Å²) in [6.07, 6.45) is 11.2. The highest BCUT2D eigenvalue weighted by molar-refractivity contribution is 5.96. The van der Waals surface area contributed by atoms with Crippen molar-refractivity contribution in [1.29, 1.82) is 0 Å². The third kappa shape index (κ3) is 2.92. The fraction of sp³-hybridized carbons (Fsp3) is 0.810. The van der Waals surface area contributed by atoms with Gasteiger partial charge >= 0.3 is 0 Å². The van der Waals surface area contributed by atoms with Crippen LogP contribution < -0.4 is 5.32 Å². The fourth-order valence-corrected chi connectivity index (χ4v) is 6.61. The average Bonchev–Trinajstić information content (AvgIpc) is 2.94. The molecule has 4 saturated carbocycles. The maximum absolute atomic E-state index is 13.1. The smallest absolute Gasteiger partial charge is 0.257 e. The van der Waals surface area contributed by atoms with Gasteiger partial charge in [-0.15, -0.1) is 0 Å². The molecule has 1 amide bonds. The van der Waals surface area contributed by atoms with Gasteiger partial charge in [0.15, 0.2) is 0 Å². The van der Waals surface area contributed by atoms with Crippen LogP contribution in [0.4, 0.5) is 0 Å². The first-order valence-electron chi connectivity index (χ1n) is 10.3. The maximum atomic E-state index is 13.1. The molecule has 0 aromatic carbocycles. The molecule has 138 valence electrons. The zero-order valence-electron chi connectivity index (χ0n) is 15.9. The first-order valence-corrected chi connectivity index (χ1v) is 10.3. The Morgan fingerprint density at radius 3 is 2.32 bits per heavy atom. The molecular formula is C21H32N2O2. The summed E-state index contributed by atoms with van der Waals surface area (Å²) in [5, 5.41) is 7.52. The number of rotatable bonds is 6. The zero-order valence-corrected chi connectivity index (χ0v) is 15.9. The van der Waals surface area contributed by atoms with Crippen molar-refractivity contribution in [1.82, 2.24) is 10.5 Å². The minimum Gasteiger partial charge on any atom is -0.361 e. The molecule has 1 N–H and O–H groups in total. The van der Waals surface area contributed by atoms with Crippen molar-refractivity contribution in [3.05, 3.63) is 17.0 Å². The van der Waals surface area contributed by atoms with Gasteiger partial charge in [0.1, 0.15) is 11.3 Å². The van der Waals surface area contributed by atoms with Crippen LogP contribution in [-0.2, 0) is 6.42 Å². The van der Waals surface area contributed by atoms with Gasteiger partial charge < -0.3 is 9.84 Å². The number of carbonyl (C=O) groups excluding carboxylic acids is 1. The Labute approximate surface area is 151 Å². The molecule has 1 atom stereocenters. The Morgan fingerprint density at radius 1 is 1.20 bits per heavy atom. The van der Waals surface area contributed by atoms with Crippen LogP contribution in [0.1, 0.15) is 87.0 Å². The van der Waals surface area contributed by atoms with E-state index in [1.807, 2.05) is 13.8 Å². The number of carbonyl (C=O) groups is 1. The SMILES string of the molecule is CCC[C@H](NC(=O)c1c(CC)noc1C)C12CC3CC(CC(C3)C1)C2. The molecule has 4 fully saturated rings. The molecule has 1 aromatic rings. The molecule has 0 saturated heterocycles. The van der Waals surface area contributed by atoms with Crippen LogP contribution in [-0.4, -0.2) is 17.1 Å². The lowest BCUT2D eigenvalue weighted by atomic mass is 9.47. The first kappa shape index (κ1) is 17.1. The summed E-state index contributed by atoms with van der Waals surface area (Å²) in [5.74, 6) is 3.41. The van der Waals surface area contributed by atoms with Gasteiger partial charge in [-0.3, -0.25) is 4.79 Å². The van der Waals surface area contributed by atoms with Crippen LogP contribution in [0, 0.1) is 30.1 Å². The van der Waals surface area contributed by atoms with Crippen LogP contribution in [0.2, 0.25) is 0 Å². The normalized spacial score (nSPS) is 34.3. The van der Waals surface area contributed by atoms with Crippen LogP contribution in [0.15, 0.2) is 4.52 Å². The van der Waals surface area contributed by atoms with E-state index in [9.17, 15) is 4.79 Å². The number of aromatic nitrogens is 1. The molecule has 25 heavy (non-hydrogen) atoms. The van der Waals surface area contributed by atoms with Crippen LogP contribution in [0.5, 0.6) is 0 Å². The number of nitrogens with one attached hydrogen (secondary N) is 1. The Hall–Kier alpha value is -1.32. The molecule has 1 aromatic heterocycles. The van der Waals surface area contributed by atoms with Gasteiger partial charge in [-0.25, -0.2) is 0 Å². The molecular weight excluding hydrogens is 312 g/mol. The molecule has 5 rings (SSSR count). The lowest BCUT2D eigenvalue weighted by Gasteiger charge is -2.59. The largest absolute Gasteiger partial charge is 0.361 e. The van der Waals surface area contributed by atoms with Crippen molar-refractivity contribution in [3.8, 4) is 0 Å². The highest BCUT2D eigenvalue weighted by Gasteiger charge is 2.54. The standard InChI is InChI=1S/C21H32N2O2/c1-4-6-18(22-20(24)19-13(3)25-23-17(19)5-2)21-10-14-7-15(11-21)9-16(8-14)12-21/h14-16,18H,4-12H2,1-3H3,(H,22,24)/t14?,15?,16?,18-,21?/m0/s1. The topological polar surface area (TPSA) is 55.1 Å². The Bertz CT molecular complexity index is 613. The summed E-state index contributed by atoms with van der Waals surface area (Å²) in [5.41, 5.74) is 1.81. The van der Waals surface area contributed by atoms with Gasteiger partial charge in [-0.05, 0) is 81.5 Å². The van der Waals surface area contributed by atoms with Gasteiger partial charge in [0.05, 0.1) is 5.69 Å². The summed E-state index contributed by atoms with van der Waals surface area (Å²) in [7, 11) is 0. The van der Waals surface area contributed by atoms with Crippen molar-refractivity contribution in [2.75, 3.05) is 0 Å². The quantitative estimate of drug-likeness (QED) is 0.816. The summed E-state index contributed by atoms with van der Waals surface area (Å²) in [4.78, 5) is 13.1. The van der Waals surface area contributed by atoms with Gasteiger partial charge in [-0.1, -0.05) is 25.4 Å². The monoisotopic (exact) mass is 344 g/mol. The molecule has 4 nitrogen and oxygen atoms in total. The fourth-order valence-electron chi connectivity index (χ4n) is 6.61. The molecule has 4 aliphatic rings. The second-order valence-electron chi connectivity index (χ2n) is 9.01. The number of amides is 1. The summed E-state index contributed by atoms with van der Waals surface area (Å²) >= 11 is 0. The predicted molar refractivity (Wildman–Crippen MR) is 97.4 cm³/mol. The molecule has 4 bridgehead atoms. The van der Waals surface area contributed by atoms with Crippen LogP contribution in [0.3, 0.4) is 0 Å². The summed E-state index contributed by atoms with van der Waals surface area (Å²) < 4.78 is 5.29. The second kappa shape index (κ2) is 6.44. The van der Waals surface area contributed by atoms with Crippen LogP contribution >= 0.6 is 0 Å². The van der Waals surface area contributed by atoms with Crippen molar-refractivity contribution in [3.63, 3.8) is 0 Å². The Balaban J connectivity index is 1.57. The van der Waals surface area contributed by atoms with Gasteiger partial charge in [0.2, 0.25) is 0 Å². The Morgan fingerprint density at radius 2 is 1.80 bits per heavy atom. The second-order valence-corrected chi connectivity index (χ2v) is 9.01. The molecule has 0 unspecified atom stereocenters. The zero-order chi connectivity index (χ0) is 17.6. The minimum atomic E-state index is 0.0322. The number of hydrogen-bond donors (Lipinski definition) is 1. The molecule has 4 heteroatoms. The molecule has 0 spiro atoms. The minimum absolute atomic E-state index is 0.0322. The van der Waals surface area contributed by atoms with E-state index in [2.05, 4.69) is 17.4 Å². The molecule has 0 aliphatic heterocycles. The molecule has 4 aliphatic carbocycles. The highest BCUT2D eigenvalue weighted by atomic mass is 16.5. The van der Waals surface area contributed by atoms with E-state index < -0.39 is 0 Å². The summed E-state index contributed by atoms with van der Waals surface area (Å²) in [6.45, 7) is 6.11. The van der Waals surface area contributed by atoms with Crippen molar-refractivity contribution in [2.24, 2.45) is 23.2 Å². The van der Waals surface area contributed by atoms with Crippen molar-refractivity contribution >= 4 is 5.91 Å². The number of aryl methyl sites for hydroxylation is 2. The molecule has 0 radical (unpaired) electrons. The first-order chi connectivity index (χ1) is 12.0. The van der Waals surface area contributed by atoms with Crippen molar-refractivity contribution in [2.45, 2.75) is 84.6 Å². The van der Waals surface area contributed by atoms with E-state index in [0.717, 1.165) is 42.7 Å². The predicted octanol–water partition coefficient (Wildman–Crippen LogP) is 4.66. The third-order valence-corrected chi connectivity index (χ3v) is 7.20. The Kier molecular flexibility index (Phi) is 4.41. The van der Waals surface area contributed by atoms with E-state index in [4.69, 9.17) is 4.52 Å². The maximum Gasteiger partial charge on any atom is 0.257 e. The van der Waals surface area contributed by atoms with E-state index in [1.54, 1.807) is 0 Å². The molecule has 1 heterocycles. The van der Waals surface area contributed by atoms with Gasteiger partial charge in [0, 0.05) is 6.04 Å². The average molecular weight is 344 g/mol. The lowest BCUT2D eigenvalue weighted by Crippen LogP contribution is -2.57. The number of nitrogens with zero attached hydrogens (tertiary/aromatic N) is 1. The van der Waals surface area contributed by atoms with Crippen molar-refractivity contribution < 1.29 is 9.32 Å². The third-order valence-electron chi connectivity index (χ3n) is 7.20. The lowest BCUT2D eigenvalue weighted by molar-refractivity contribution is -0.0736. The highest BCUT2D eigenvalue weighted by Crippen LogP contribution is 2.61. The van der Waals surface area contributed by atoms with E-state index in [-0.39, 0.29) is 5.91 Å². The van der Waals surface area contributed by atoms with E-state index in [1.165, 1.54) is 38.5 Å². The van der Waals surface area contributed by atoms with Crippen LogP contribution in [0.25, 0.3) is 0 Å². The summed E-state index contributed by atoms with van der Waals surface area (Å²) in [6, 6.07) is 0.303. The van der Waals surface area contributed by atoms with E-state index >= 15 is 0 Å². The van der Waals surface area contributed by atoms with Gasteiger partial charge in [-0.2, -0.15) is 0 Å². The van der Waals surface area contributed by atoms with E-state index in [0.29, 0.717) is 22.8 Å². The van der Waals surface area contributed by atoms with Gasteiger partial charge in [0.25, 0.3) is 5.91 Å². The number of hydrogen-bond acceptors (Lipinski definition) is 3.